The second-order valence-corrected chi connectivity index (χ2v) is 4.39. The largest absolute Gasteiger partial charge is 0.462 e. The zero-order valence-electron chi connectivity index (χ0n) is 9.69. The molecule has 98 valence electrons. The smallest absolute Gasteiger partial charge is 0.341 e. The molecule has 0 fully saturated rings. The summed E-state index contributed by atoms with van der Waals surface area (Å²) in [5.41, 5.74) is -0.337. The lowest BCUT2D eigenvalue weighted by atomic mass is 10.0. The van der Waals surface area contributed by atoms with Crippen molar-refractivity contribution in [1.82, 2.24) is 0 Å². The molecular formula is C12H10Cl2F2O2. The Morgan fingerprint density at radius 2 is 1.89 bits per heavy atom. The molecule has 0 saturated carbocycles. The highest BCUT2D eigenvalue weighted by atomic mass is 35.5. The molecule has 0 radical (unpaired) electrons. The van der Waals surface area contributed by atoms with Crippen LogP contribution in [0.5, 0.6) is 0 Å². The summed E-state index contributed by atoms with van der Waals surface area (Å²) in [6.07, 6.45) is 0. The Bertz CT molecular complexity index is 509. The van der Waals surface area contributed by atoms with Crippen molar-refractivity contribution in [3.8, 4) is 0 Å². The van der Waals surface area contributed by atoms with Gasteiger partial charge in [-0.1, -0.05) is 23.2 Å². The van der Waals surface area contributed by atoms with E-state index in [-0.39, 0.29) is 23.3 Å². The van der Waals surface area contributed by atoms with Crippen molar-refractivity contribution < 1.29 is 18.3 Å². The van der Waals surface area contributed by atoms with Gasteiger partial charge in [0.25, 0.3) is 0 Å². The minimum absolute atomic E-state index is 0.0885. The van der Waals surface area contributed by atoms with E-state index in [1.165, 1.54) is 6.92 Å². The summed E-state index contributed by atoms with van der Waals surface area (Å²) >= 11 is 11.1. The normalized spacial score (nSPS) is 10.1. The van der Waals surface area contributed by atoms with E-state index < -0.39 is 22.1 Å². The molecule has 1 aromatic rings. The molecule has 0 bridgehead atoms. The van der Waals surface area contributed by atoms with Crippen LogP contribution in [0.2, 0.25) is 0 Å². The van der Waals surface area contributed by atoms with Crippen LogP contribution in [0, 0.1) is 18.6 Å². The molecule has 18 heavy (non-hydrogen) atoms. The summed E-state index contributed by atoms with van der Waals surface area (Å²) in [6, 6.07) is 1.82. The molecule has 0 N–H and O–H groups in total. The molecule has 0 amide bonds. The fourth-order valence-corrected chi connectivity index (χ4v) is 1.70. The molecule has 6 heteroatoms. The lowest BCUT2D eigenvalue weighted by Gasteiger charge is -2.10. The van der Waals surface area contributed by atoms with Gasteiger partial charge in [0, 0.05) is 11.6 Å². The molecule has 0 spiro atoms. The van der Waals surface area contributed by atoms with Crippen LogP contribution >= 0.6 is 23.2 Å². The van der Waals surface area contributed by atoms with E-state index in [4.69, 9.17) is 27.9 Å². The molecule has 0 aliphatic carbocycles. The Morgan fingerprint density at radius 3 is 2.39 bits per heavy atom. The number of hydrogen-bond donors (Lipinski definition) is 0. The van der Waals surface area contributed by atoms with Crippen LogP contribution < -0.4 is 0 Å². The van der Waals surface area contributed by atoms with E-state index in [1.54, 1.807) is 6.92 Å². The molecule has 0 unspecified atom stereocenters. The number of hydrogen-bond acceptors (Lipinski definition) is 2. The lowest BCUT2D eigenvalue weighted by molar-refractivity contribution is -0.136. The average molecular weight is 295 g/mol. The number of esters is 1. The number of aryl methyl sites for hydroxylation is 1. The highest BCUT2D eigenvalue weighted by Crippen LogP contribution is 2.29. The second-order valence-electron chi connectivity index (χ2n) is 3.44. The van der Waals surface area contributed by atoms with Gasteiger partial charge in [0.1, 0.15) is 16.1 Å². The van der Waals surface area contributed by atoms with E-state index in [1.807, 2.05) is 0 Å². The first kappa shape index (κ1) is 14.9. The van der Waals surface area contributed by atoms with Crippen molar-refractivity contribution in [2.24, 2.45) is 0 Å². The predicted octanol–water partition coefficient (Wildman–Crippen LogP) is 3.98. The monoisotopic (exact) mass is 294 g/mol. The molecule has 0 atom stereocenters. The van der Waals surface area contributed by atoms with Crippen LogP contribution in [0.4, 0.5) is 8.78 Å². The predicted molar refractivity (Wildman–Crippen MR) is 66.4 cm³/mol. The fraction of sp³-hybridized carbons (Fsp3) is 0.250. The van der Waals surface area contributed by atoms with Crippen molar-refractivity contribution in [3.63, 3.8) is 0 Å². The Labute approximate surface area is 113 Å². The van der Waals surface area contributed by atoms with Gasteiger partial charge in [-0.3, -0.25) is 0 Å². The van der Waals surface area contributed by atoms with Crippen LogP contribution in [0.25, 0.3) is 5.57 Å². The Kier molecular flexibility index (Phi) is 5.11. The van der Waals surface area contributed by atoms with Gasteiger partial charge in [0.15, 0.2) is 0 Å². The molecule has 1 aromatic carbocycles. The summed E-state index contributed by atoms with van der Waals surface area (Å²) in [6.45, 7) is 3.11. The summed E-state index contributed by atoms with van der Waals surface area (Å²) < 4.78 is 31.1. The van der Waals surface area contributed by atoms with Crippen molar-refractivity contribution in [2.45, 2.75) is 13.8 Å². The number of carbonyl (C=O) groups excluding carboxylic acids is 1. The maximum absolute atomic E-state index is 13.6. The summed E-state index contributed by atoms with van der Waals surface area (Å²) in [7, 11) is 0. The van der Waals surface area contributed by atoms with Gasteiger partial charge in [-0.2, -0.15) is 0 Å². The SMILES string of the molecule is CCOC(=O)C(=C(Cl)Cl)c1cc(C)c(F)cc1F. The minimum Gasteiger partial charge on any atom is -0.462 e. The maximum Gasteiger partial charge on any atom is 0.341 e. The number of carbonyl (C=O) groups is 1. The van der Waals surface area contributed by atoms with Crippen molar-refractivity contribution in [2.75, 3.05) is 6.61 Å². The van der Waals surface area contributed by atoms with Gasteiger partial charge in [0.2, 0.25) is 0 Å². The maximum atomic E-state index is 13.6. The van der Waals surface area contributed by atoms with Crippen LogP contribution in [-0.2, 0) is 9.53 Å². The molecule has 2 nitrogen and oxygen atoms in total. The summed E-state index contributed by atoms with van der Waals surface area (Å²) in [5.74, 6) is -2.51. The fourth-order valence-electron chi connectivity index (χ4n) is 1.34. The van der Waals surface area contributed by atoms with Crippen molar-refractivity contribution in [3.05, 3.63) is 39.4 Å². The van der Waals surface area contributed by atoms with Gasteiger partial charge in [-0.15, -0.1) is 0 Å². The molecule has 0 aliphatic heterocycles. The van der Waals surface area contributed by atoms with Gasteiger partial charge in [-0.25, -0.2) is 13.6 Å². The van der Waals surface area contributed by atoms with E-state index in [2.05, 4.69) is 0 Å². The Balaban J connectivity index is 3.37. The average Bonchev–Trinajstić information content (AvgIpc) is 2.25. The van der Waals surface area contributed by atoms with Crippen LogP contribution in [0.1, 0.15) is 18.1 Å². The van der Waals surface area contributed by atoms with E-state index in [0.29, 0.717) is 6.07 Å². The number of rotatable bonds is 3. The second kappa shape index (κ2) is 6.16. The van der Waals surface area contributed by atoms with Gasteiger partial charge < -0.3 is 4.74 Å². The molecular weight excluding hydrogens is 285 g/mol. The quantitative estimate of drug-likeness (QED) is 0.622. The molecule has 0 aliphatic rings. The first-order chi connectivity index (χ1) is 8.38. The number of halogens is 4. The molecule has 0 aromatic heterocycles. The van der Waals surface area contributed by atoms with E-state index >= 15 is 0 Å². The first-order valence-electron chi connectivity index (χ1n) is 5.06. The lowest BCUT2D eigenvalue weighted by Crippen LogP contribution is -2.09. The van der Waals surface area contributed by atoms with E-state index in [0.717, 1.165) is 6.07 Å². The standard InChI is InChI=1S/C12H10Cl2F2O2/c1-3-18-12(17)10(11(13)14)7-4-6(2)8(15)5-9(7)16/h4-5H,3H2,1-2H3. The van der Waals surface area contributed by atoms with Crippen LogP contribution in [0.15, 0.2) is 16.6 Å². The Morgan fingerprint density at radius 1 is 1.28 bits per heavy atom. The summed E-state index contributed by atoms with van der Waals surface area (Å²) in [4.78, 5) is 11.6. The minimum atomic E-state index is -0.931. The molecule has 1 rings (SSSR count). The van der Waals surface area contributed by atoms with Crippen LogP contribution in [-0.4, -0.2) is 12.6 Å². The molecule has 0 saturated heterocycles. The van der Waals surface area contributed by atoms with Gasteiger partial charge in [0.05, 0.1) is 12.2 Å². The highest BCUT2D eigenvalue weighted by Gasteiger charge is 2.22. The number of ether oxygens (including phenoxy) is 1. The summed E-state index contributed by atoms with van der Waals surface area (Å²) in [5, 5.41) is 0. The van der Waals surface area contributed by atoms with Crippen LogP contribution in [0.3, 0.4) is 0 Å². The van der Waals surface area contributed by atoms with E-state index in [9.17, 15) is 13.6 Å². The zero-order chi connectivity index (χ0) is 13.9. The first-order valence-corrected chi connectivity index (χ1v) is 5.82. The third-order valence-corrected chi connectivity index (χ3v) is 2.56. The zero-order valence-corrected chi connectivity index (χ0v) is 11.2. The number of benzene rings is 1. The molecule has 0 heterocycles. The van der Waals surface area contributed by atoms with Gasteiger partial charge >= 0.3 is 5.97 Å². The van der Waals surface area contributed by atoms with Gasteiger partial charge in [-0.05, 0) is 25.5 Å². The Hall–Kier alpha value is -1.13. The topological polar surface area (TPSA) is 26.3 Å². The third kappa shape index (κ3) is 3.21. The van der Waals surface area contributed by atoms with Crippen molar-refractivity contribution >= 4 is 34.7 Å². The highest BCUT2D eigenvalue weighted by molar-refractivity contribution is 6.61. The third-order valence-electron chi connectivity index (χ3n) is 2.19. The van der Waals surface area contributed by atoms with Crippen molar-refractivity contribution in [1.29, 1.82) is 0 Å².